The van der Waals surface area contributed by atoms with Crippen LogP contribution in [0, 0.1) is 6.92 Å². The Bertz CT molecular complexity index is 1100. The monoisotopic (exact) mass is 489 g/mol. The quantitative estimate of drug-likeness (QED) is 0.534. The highest BCUT2D eigenvalue weighted by atomic mass is 16.2. The first-order chi connectivity index (χ1) is 17.4. The topological polar surface area (TPSA) is 86.8 Å². The molecule has 1 atom stereocenters. The first-order valence-corrected chi connectivity index (χ1v) is 13.0. The highest BCUT2D eigenvalue weighted by Crippen LogP contribution is 2.23. The van der Waals surface area contributed by atoms with Gasteiger partial charge >= 0.3 is 0 Å². The van der Waals surface area contributed by atoms with E-state index in [9.17, 15) is 19.2 Å². The van der Waals surface area contributed by atoms with Gasteiger partial charge in [-0.2, -0.15) is 0 Å². The van der Waals surface area contributed by atoms with Gasteiger partial charge in [0.1, 0.15) is 6.04 Å². The molecule has 0 spiro atoms. The average Bonchev–Trinajstić information content (AvgIpc) is 3.13. The molecular weight excluding hydrogens is 454 g/mol. The molecule has 0 aromatic heterocycles. The minimum Gasteiger partial charge on any atom is -0.352 e. The highest BCUT2D eigenvalue weighted by molar-refractivity contribution is 6.21. The Morgan fingerprint density at radius 2 is 1.58 bits per heavy atom. The number of hydrogen-bond donors (Lipinski definition) is 1. The van der Waals surface area contributed by atoms with E-state index in [2.05, 4.69) is 5.32 Å². The molecule has 1 heterocycles. The van der Waals surface area contributed by atoms with E-state index in [1.165, 1.54) is 11.3 Å². The molecule has 1 saturated carbocycles. The van der Waals surface area contributed by atoms with Gasteiger partial charge < -0.3 is 10.2 Å². The maximum atomic E-state index is 13.4. The van der Waals surface area contributed by atoms with Crippen molar-refractivity contribution in [1.29, 1.82) is 0 Å². The predicted molar refractivity (Wildman–Crippen MR) is 137 cm³/mol. The summed E-state index contributed by atoms with van der Waals surface area (Å²) >= 11 is 0. The van der Waals surface area contributed by atoms with E-state index in [4.69, 9.17) is 0 Å². The van der Waals surface area contributed by atoms with Gasteiger partial charge in [0, 0.05) is 25.6 Å². The fourth-order valence-corrected chi connectivity index (χ4v) is 5.10. The van der Waals surface area contributed by atoms with Crippen molar-refractivity contribution >= 4 is 23.6 Å². The van der Waals surface area contributed by atoms with Crippen molar-refractivity contribution < 1.29 is 19.2 Å². The lowest BCUT2D eigenvalue weighted by molar-refractivity contribution is -0.141. The lowest BCUT2D eigenvalue weighted by Crippen LogP contribution is -2.50. The van der Waals surface area contributed by atoms with Crippen molar-refractivity contribution in [3.8, 4) is 0 Å². The third kappa shape index (κ3) is 5.66. The van der Waals surface area contributed by atoms with Crippen LogP contribution in [0.3, 0.4) is 0 Å². The van der Waals surface area contributed by atoms with E-state index >= 15 is 0 Å². The van der Waals surface area contributed by atoms with Gasteiger partial charge in [0.05, 0.1) is 11.1 Å². The summed E-state index contributed by atoms with van der Waals surface area (Å²) in [6.45, 7) is 4.27. The molecule has 0 bridgehead atoms. The molecule has 0 saturated heterocycles. The van der Waals surface area contributed by atoms with Gasteiger partial charge in [-0.3, -0.25) is 24.1 Å². The Morgan fingerprint density at radius 1 is 0.972 bits per heavy atom. The van der Waals surface area contributed by atoms with Gasteiger partial charge in [0.2, 0.25) is 11.8 Å². The molecule has 2 aromatic rings. The Labute approximate surface area is 212 Å². The lowest BCUT2D eigenvalue weighted by Gasteiger charge is -2.31. The zero-order valence-corrected chi connectivity index (χ0v) is 21.2. The molecule has 1 unspecified atom stereocenters. The summed E-state index contributed by atoms with van der Waals surface area (Å²) in [4.78, 5) is 54.7. The Morgan fingerprint density at radius 3 is 2.22 bits per heavy atom. The summed E-state index contributed by atoms with van der Waals surface area (Å²) in [5.74, 6) is -0.939. The van der Waals surface area contributed by atoms with Gasteiger partial charge in [-0.15, -0.1) is 0 Å². The first-order valence-electron chi connectivity index (χ1n) is 13.0. The second kappa shape index (κ2) is 11.5. The van der Waals surface area contributed by atoms with E-state index < -0.39 is 6.04 Å². The van der Waals surface area contributed by atoms with Crippen molar-refractivity contribution in [2.24, 2.45) is 0 Å². The first kappa shape index (κ1) is 25.6. The molecule has 36 heavy (non-hydrogen) atoms. The Hall–Kier alpha value is -3.48. The maximum Gasteiger partial charge on any atom is 0.261 e. The molecular formula is C29H35N3O4. The fraction of sp³-hybridized carbons (Fsp3) is 0.448. The van der Waals surface area contributed by atoms with E-state index in [0.717, 1.165) is 36.8 Å². The molecule has 2 aliphatic rings. The highest BCUT2D eigenvalue weighted by Gasteiger charge is 2.35. The standard InChI is InChI=1S/C29H35N3O4/c1-20-11-6-7-12-22(20)19-32(21(2)27(34)30-23-13-4-3-5-14-23)26(33)17-10-18-31-28(35)24-15-8-9-16-25(24)29(31)36/h6-9,11-12,15-16,21,23H,3-5,10,13-14,17-19H2,1-2H3,(H,30,34). The summed E-state index contributed by atoms with van der Waals surface area (Å²) < 4.78 is 0. The van der Waals surface area contributed by atoms with Crippen LogP contribution in [-0.4, -0.2) is 52.1 Å². The molecule has 7 heteroatoms. The smallest absolute Gasteiger partial charge is 0.261 e. The molecule has 7 nitrogen and oxygen atoms in total. The Kier molecular flexibility index (Phi) is 8.18. The van der Waals surface area contributed by atoms with Crippen molar-refractivity contribution in [2.45, 2.75) is 77.4 Å². The average molecular weight is 490 g/mol. The number of hydrogen-bond acceptors (Lipinski definition) is 4. The zero-order chi connectivity index (χ0) is 25.7. The van der Waals surface area contributed by atoms with Crippen LogP contribution < -0.4 is 5.32 Å². The summed E-state index contributed by atoms with van der Waals surface area (Å²) in [6, 6.07) is 14.2. The van der Waals surface area contributed by atoms with Crippen molar-refractivity contribution in [3.05, 3.63) is 70.8 Å². The van der Waals surface area contributed by atoms with Crippen LogP contribution in [-0.2, 0) is 16.1 Å². The number of carbonyl (C=O) groups excluding carboxylic acids is 4. The van der Waals surface area contributed by atoms with Crippen molar-refractivity contribution in [1.82, 2.24) is 15.1 Å². The van der Waals surface area contributed by atoms with E-state index in [-0.39, 0.29) is 42.6 Å². The van der Waals surface area contributed by atoms with Crippen LogP contribution in [0.1, 0.15) is 83.7 Å². The summed E-state index contributed by atoms with van der Waals surface area (Å²) in [7, 11) is 0. The SMILES string of the molecule is Cc1ccccc1CN(C(=O)CCCN1C(=O)c2ccccc2C1=O)C(C)C(=O)NC1CCCCC1. The molecule has 4 rings (SSSR count). The van der Waals surface area contributed by atoms with Crippen LogP contribution in [0.4, 0.5) is 0 Å². The molecule has 4 amide bonds. The third-order valence-electron chi connectivity index (χ3n) is 7.37. The number of carbonyl (C=O) groups is 4. The van der Waals surface area contributed by atoms with E-state index in [1.807, 2.05) is 31.2 Å². The summed E-state index contributed by atoms with van der Waals surface area (Å²) in [5.41, 5.74) is 2.86. The van der Waals surface area contributed by atoms with Crippen LogP contribution in [0.2, 0.25) is 0 Å². The summed E-state index contributed by atoms with van der Waals surface area (Å²) in [6.07, 6.45) is 5.86. The Balaban J connectivity index is 1.41. The van der Waals surface area contributed by atoms with E-state index in [1.54, 1.807) is 36.1 Å². The molecule has 1 fully saturated rings. The molecule has 190 valence electrons. The molecule has 1 aliphatic heterocycles. The van der Waals surface area contributed by atoms with Crippen molar-refractivity contribution in [2.75, 3.05) is 6.54 Å². The molecule has 1 aliphatic carbocycles. The number of aryl methyl sites for hydroxylation is 1. The van der Waals surface area contributed by atoms with Crippen LogP contribution >= 0.6 is 0 Å². The van der Waals surface area contributed by atoms with Gasteiger partial charge in [-0.1, -0.05) is 55.7 Å². The molecule has 2 aromatic carbocycles. The number of imide groups is 1. The second-order valence-corrected chi connectivity index (χ2v) is 9.88. The van der Waals surface area contributed by atoms with Crippen LogP contribution in [0.5, 0.6) is 0 Å². The number of benzene rings is 2. The van der Waals surface area contributed by atoms with Gasteiger partial charge in [-0.05, 0) is 56.4 Å². The number of nitrogens with one attached hydrogen (secondary N) is 1. The van der Waals surface area contributed by atoms with Crippen LogP contribution in [0.15, 0.2) is 48.5 Å². The van der Waals surface area contributed by atoms with Crippen molar-refractivity contribution in [3.63, 3.8) is 0 Å². The predicted octanol–water partition coefficient (Wildman–Crippen LogP) is 4.24. The van der Waals surface area contributed by atoms with Crippen LogP contribution in [0.25, 0.3) is 0 Å². The normalized spacial score (nSPS) is 16.6. The number of amides is 4. The lowest BCUT2D eigenvalue weighted by atomic mass is 9.95. The largest absolute Gasteiger partial charge is 0.352 e. The fourth-order valence-electron chi connectivity index (χ4n) is 5.10. The summed E-state index contributed by atoms with van der Waals surface area (Å²) in [5, 5.41) is 3.15. The zero-order valence-electron chi connectivity index (χ0n) is 21.2. The number of fused-ring (bicyclic) bond motifs is 1. The number of rotatable bonds is 9. The third-order valence-corrected chi connectivity index (χ3v) is 7.37. The molecule has 1 N–H and O–H groups in total. The van der Waals surface area contributed by atoms with Gasteiger partial charge in [-0.25, -0.2) is 0 Å². The van der Waals surface area contributed by atoms with E-state index in [0.29, 0.717) is 24.1 Å². The number of nitrogens with zero attached hydrogens (tertiary/aromatic N) is 2. The second-order valence-electron chi connectivity index (χ2n) is 9.88. The van der Waals surface area contributed by atoms with Gasteiger partial charge in [0.15, 0.2) is 0 Å². The van der Waals surface area contributed by atoms with Gasteiger partial charge in [0.25, 0.3) is 11.8 Å². The minimum absolute atomic E-state index is 0.135. The maximum absolute atomic E-state index is 13.4. The minimum atomic E-state index is -0.627. The molecule has 0 radical (unpaired) electrons.